The molecule has 0 aromatic carbocycles. The number of rotatable bonds is 5. The Balaban J connectivity index is 2.43. The first-order valence-corrected chi connectivity index (χ1v) is 5.52. The third-order valence-corrected chi connectivity index (χ3v) is 2.32. The van der Waals surface area contributed by atoms with Gasteiger partial charge in [-0.1, -0.05) is 6.07 Å². The lowest BCUT2D eigenvalue weighted by atomic mass is 10.2. The number of nitrogens with zero attached hydrogens (tertiary/aromatic N) is 1. The molecule has 0 amide bonds. The van der Waals surface area contributed by atoms with Crippen LogP contribution in [0.2, 0.25) is 0 Å². The molecule has 2 nitrogen and oxygen atoms in total. The van der Waals surface area contributed by atoms with Crippen LogP contribution >= 0.6 is 11.6 Å². The van der Waals surface area contributed by atoms with Crippen LogP contribution in [0, 0.1) is 6.92 Å². The van der Waals surface area contributed by atoms with Crippen LogP contribution in [-0.2, 0) is 0 Å². The average Bonchev–Trinajstić information content (AvgIpc) is 2.15. The molecule has 0 saturated heterocycles. The van der Waals surface area contributed by atoms with Gasteiger partial charge in [-0.3, -0.25) is 0 Å². The van der Waals surface area contributed by atoms with Crippen molar-refractivity contribution < 1.29 is 0 Å². The maximum atomic E-state index is 5.63. The van der Waals surface area contributed by atoms with Crippen molar-refractivity contribution >= 4 is 17.4 Å². The van der Waals surface area contributed by atoms with Gasteiger partial charge in [0.25, 0.3) is 0 Å². The van der Waals surface area contributed by atoms with Crippen molar-refractivity contribution in [2.24, 2.45) is 0 Å². The highest BCUT2D eigenvalue weighted by molar-refractivity contribution is 6.17. The monoisotopic (exact) mass is 212 g/mol. The summed E-state index contributed by atoms with van der Waals surface area (Å²) in [7, 11) is 0. The third kappa shape index (κ3) is 3.97. The van der Waals surface area contributed by atoms with Gasteiger partial charge >= 0.3 is 0 Å². The second-order valence-corrected chi connectivity index (χ2v) is 3.92. The first-order chi connectivity index (χ1) is 6.72. The molecule has 1 heterocycles. The van der Waals surface area contributed by atoms with Crippen molar-refractivity contribution in [1.82, 2.24) is 4.98 Å². The fourth-order valence-corrected chi connectivity index (χ4v) is 1.49. The summed E-state index contributed by atoms with van der Waals surface area (Å²) in [5, 5.41) is 3.35. The molecule has 0 saturated carbocycles. The number of aromatic nitrogens is 1. The van der Waals surface area contributed by atoms with Crippen LogP contribution in [-0.4, -0.2) is 16.9 Å². The molecule has 1 unspecified atom stereocenters. The van der Waals surface area contributed by atoms with E-state index in [4.69, 9.17) is 11.6 Å². The fraction of sp³-hybridized carbons (Fsp3) is 0.545. The molecule has 1 aromatic heterocycles. The maximum absolute atomic E-state index is 5.63. The van der Waals surface area contributed by atoms with E-state index in [0.29, 0.717) is 6.04 Å². The Bertz CT molecular complexity index is 276. The molecule has 1 aromatic rings. The quantitative estimate of drug-likeness (QED) is 0.759. The number of hydrogen-bond donors (Lipinski definition) is 1. The molecule has 3 heteroatoms. The summed E-state index contributed by atoms with van der Waals surface area (Å²) in [6.07, 6.45) is 2.13. The normalized spacial score (nSPS) is 12.5. The zero-order valence-corrected chi connectivity index (χ0v) is 9.51. The molecule has 0 bridgehead atoms. The number of alkyl halides is 1. The van der Waals surface area contributed by atoms with E-state index < -0.39 is 0 Å². The second-order valence-electron chi connectivity index (χ2n) is 3.54. The minimum Gasteiger partial charge on any atom is -0.368 e. The number of aryl methyl sites for hydroxylation is 1. The molecular weight excluding hydrogens is 196 g/mol. The molecule has 78 valence electrons. The first-order valence-electron chi connectivity index (χ1n) is 4.98. The molecule has 0 spiro atoms. The Morgan fingerprint density at radius 3 is 2.93 bits per heavy atom. The van der Waals surface area contributed by atoms with Gasteiger partial charge < -0.3 is 5.32 Å². The summed E-state index contributed by atoms with van der Waals surface area (Å²) < 4.78 is 0. The van der Waals surface area contributed by atoms with Gasteiger partial charge in [-0.25, -0.2) is 4.98 Å². The second kappa shape index (κ2) is 5.86. The lowest BCUT2D eigenvalue weighted by Crippen LogP contribution is -2.16. The molecule has 1 rings (SSSR count). The lowest BCUT2D eigenvalue weighted by Gasteiger charge is -2.13. The van der Waals surface area contributed by atoms with Gasteiger partial charge in [-0.15, -0.1) is 11.6 Å². The van der Waals surface area contributed by atoms with Gasteiger partial charge in [0.15, 0.2) is 0 Å². The van der Waals surface area contributed by atoms with Gasteiger partial charge in [-0.05, 0) is 38.8 Å². The van der Waals surface area contributed by atoms with Crippen molar-refractivity contribution in [2.75, 3.05) is 11.2 Å². The van der Waals surface area contributed by atoms with E-state index in [9.17, 15) is 0 Å². The van der Waals surface area contributed by atoms with E-state index in [1.54, 1.807) is 0 Å². The van der Waals surface area contributed by atoms with E-state index in [2.05, 4.69) is 17.2 Å². The highest BCUT2D eigenvalue weighted by atomic mass is 35.5. The SMILES string of the molecule is Cc1cccc(NC(C)CCCCl)n1. The minimum atomic E-state index is 0.433. The standard InChI is InChI=1S/C11H17ClN2/c1-9-5-3-7-11(13-9)14-10(2)6-4-8-12/h3,5,7,10H,4,6,8H2,1-2H3,(H,13,14). The average molecular weight is 213 g/mol. The molecule has 0 fully saturated rings. The Morgan fingerprint density at radius 2 is 2.29 bits per heavy atom. The van der Waals surface area contributed by atoms with E-state index in [0.717, 1.165) is 30.2 Å². The first kappa shape index (κ1) is 11.3. The smallest absolute Gasteiger partial charge is 0.126 e. The predicted molar refractivity (Wildman–Crippen MR) is 62.0 cm³/mol. The van der Waals surface area contributed by atoms with Gasteiger partial charge in [0.2, 0.25) is 0 Å². The molecule has 14 heavy (non-hydrogen) atoms. The molecule has 1 N–H and O–H groups in total. The van der Waals surface area contributed by atoms with Crippen LogP contribution in [0.4, 0.5) is 5.82 Å². The summed E-state index contributed by atoms with van der Waals surface area (Å²) in [5.41, 5.74) is 1.04. The van der Waals surface area contributed by atoms with Gasteiger partial charge in [-0.2, -0.15) is 0 Å². The number of halogens is 1. The molecular formula is C11H17ClN2. The largest absolute Gasteiger partial charge is 0.368 e. The topological polar surface area (TPSA) is 24.9 Å². The van der Waals surface area contributed by atoms with Crippen LogP contribution in [0.25, 0.3) is 0 Å². The van der Waals surface area contributed by atoms with Crippen molar-refractivity contribution in [1.29, 1.82) is 0 Å². The summed E-state index contributed by atoms with van der Waals surface area (Å²) in [4.78, 5) is 4.38. The highest BCUT2D eigenvalue weighted by Gasteiger charge is 2.01. The van der Waals surface area contributed by atoms with Gasteiger partial charge in [0.05, 0.1) is 0 Å². The Labute approximate surface area is 90.7 Å². The Morgan fingerprint density at radius 1 is 1.50 bits per heavy atom. The number of anilines is 1. The molecule has 0 aliphatic rings. The minimum absolute atomic E-state index is 0.433. The number of hydrogen-bond acceptors (Lipinski definition) is 2. The van der Waals surface area contributed by atoms with Gasteiger partial charge in [0, 0.05) is 17.6 Å². The molecule has 0 aliphatic heterocycles. The molecule has 0 radical (unpaired) electrons. The van der Waals surface area contributed by atoms with Gasteiger partial charge in [0.1, 0.15) is 5.82 Å². The summed E-state index contributed by atoms with van der Waals surface area (Å²) in [5.74, 6) is 1.68. The van der Waals surface area contributed by atoms with Crippen LogP contribution < -0.4 is 5.32 Å². The molecule has 1 atom stereocenters. The Kier molecular flexibility index (Phi) is 4.74. The van der Waals surface area contributed by atoms with E-state index in [-0.39, 0.29) is 0 Å². The lowest BCUT2D eigenvalue weighted by molar-refractivity contribution is 0.690. The summed E-state index contributed by atoms with van der Waals surface area (Å²) in [6.45, 7) is 4.14. The van der Waals surface area contributed by atoms with Crippen molar-refractivity contribution in [3.63, 3.8) is 0 Å². The summed E-state index contributed by atoms with van der Waals surface area (Å²) >= 11 is 5.63. The van der Waals surface area contributed by atoms with Crippen molar-refractivity contribution in [2.45, 2.75) is 32.7 Å². The van der Waals surface area contributed by atoms with Crippen molar-refractivity contribution in [3.8, 4) is 0 Å². The number of nitrogens with one attached hydrogen (secondary N) is 1. The fourth-order valence-electron chi connectivity index (χ4n) is 1.33. The third-order valence-electron chi connectivity index (χ3n) is 2.05. The zero-order valence-electron chi connectivity index (χ0n) is 8.76. The zero-order chi connectivity index (χ0) is 10.4. The molecule has 0 aliphatic carbocycles. The maximum Gasteiger partial charge on any atom is 0.126 e. The van der Waals surface area contributed by atoms with E-state index in [1.165, 1.54) is 0 Å². The highest BCUT2D eigenvalue weighted by Crippen LogP contribution is 2.08. The number of pyridine rings is 1. The van der Waals surface area contributed by atoms with E-state index >= 15 is 0 Å². The van der Waals surface area contributed by atoms with Crippen LogP contribution in [0.3, 0.4) is 0 Å². The predicted octanol–water partition coefficient (Wildman–Crippen LogP) is 3.21. The van der Waals surface area contributed by atoms with Crippen molar-refractivity contribution in [3.05, 3.63) is 23.9 Å². The van der Waals surface area contributed by atoms with E-state index in [1.807, 2.05) is 25.1 Å². The van der Waals surface area contributed by atoms with Crippen LogP contribution in [0.5, 0.6) is 0 Å². The van der Waals surface area contributed by atoms with Crippen LogP contribution in [0.15, 0.2) is 18.2 Å². The Hall–Kier alpha value is -0.760. The summed E-state index contributed by atoms with van der Waals surface area (Å²) in [6, 6.07) is 6.43. The van der Waals surface area contributed by atoms with Crippen LogP contribution in [0.1, 0.15) is 25.5 Å².